The summed E-state index contributed by atoms with van der Waals surface area (Å²) in [7, 11) is 1.35. The molecular weight excluding hydrogens is 272 g/mol. The maximum atomic E-state index is 11.5. The van der Waals surface area contributed by atoms with Crippen molar-refractivity contribution in [2.24, 2.45) is 5.92 Å². The van der Waals surface area contributed by atoms with Gasteiger partial charge in [-0.15, -0.1) is 0 Å². The molecule has 1 aromatic heterocycles. The van der Waals surface area contributed by atoms with Crippen LogP contribution in [0.25, 0.3) is 0 Å². The van der Waals surface area contributed by atoms with Gasteiger partial charge in [0, 0.05) is 19.5 Å². The van der Waals surface area contributed by atoms with Gasteiger partial charge in [0.25, 0.3) is 0 Å². The van der Waals surface area contributed by atoms with Gasteiger partial charge in [0.2, 0.25) is 0 Å². The van der Waals surface area contributed by atoms with E-state index in [4.69, 9.17) is 9.84 Å². The number of carbonyl (C=O) groups is 2. The second-order valence-electron chi connectivity index (χ2n) is 5.33. The maximum absolute atomic E-state index is 11.5. The summed E-state index contributed by atoms with van der Waals surface area (Å²) in [5.41, 5.74) is 1.12. The van der Waals surface area contributed by atoms with Gasteiger partial charge in [-0.1, -0.05) is 0 Å². The molecule has 0 bridgehead atoms. The van der Waals surface area contributed by atoms with Crippen molar-refractivity contribution in [3.8, 4) is 0 Å². The summed E-state index contributed by atoms with van der Waals surface area (Å²) in [4.78, 5) is 28.8. The van der Waals surface area contributed by atoms with Gasteiger partial charge < -0.3 is 14.7 Å². The number of esters is 1. The highest BCUT2D eigenvalue weighted by atomic mass is 16.5. The fourth-order valence-electron chi connectivity index (χ4n) is 2.65. The van der Waals surface area contributed by atoms with E-state index in [9.17, 15) is 9.59 Å². The predicted octanol–water partition coefficient (Wildman–Crippen LogP) is 1.87. The lowest BCUT2D eigenvalue weighted by molar-refractivity contribution is -0.137. The number of rotatable bonds is 5. The number of carbonyl (C=O) groups excluding carboxylic acids is 1. The fourth-order valence-corrected chi connectivity index (χ4v) is 2.65. The van der Waals surface area contributed by atoms with Crippen LogP contribution >= 0.6 is 0 Å². The number of methoxy groups -OCH3 is 1. The van der Waals surface area contributed by atoms with Crippen LogP contribution in [0.4, 0.5) is 5.82 Å². The van der Waals surface area contributed by atoms with Gasteiger partial charge in [-0.25, -0.2) is 9.78 Å². The topological polar surface area (TPSA) is 79.7 Å². The Morgan fingerprint density at radius 1 is 1.48 bits per heavy atom. The van der Waals surface area contributed by atoms with Crippen LogP contribution in [0.3, 0.4) is 0 Å². The normalized spacial score (nSPS) is 17.8. The first-order valence-corrected chi connectivity index (χ1v) is 7.04. The molecule has 0 aliphatic carbocycles. The predicted molar refractivity (Wildman–Crippen MR) is 77.5 cm³/mol. The Balaban J connectivity index is 2.02. The van der Waals surface area contributed by atoms with Crippen LogP contribution in [0.1, 0.15) is 35.3 Å². The molecule has 6 heteroatoms. The smallest absolute Gasteiger partial charge is 0.339 e. The van der Waals surface area contributed by atoms with Crippen LogP contribution in [-0.4, -0.2) is 42.2 Å². The zero-order chi connectivity index (χ0) is 15.4. The van der Waals surface area contributed by atoms with Crippen molar-refractivity contribution in [1.82, 2.24) is 4.98 Å². The van der Waals surface area contributed by atoms with E-state index in [0.717, 1.165) is 25.3 Å². The second-order valence-corrected chi connectivity index (χ2v) is 5.33. The molecule has 0 spiro atoms. The van der Waals surface area contributed by atoms with E-state index in [-0.39, 0.29) is 12.4 Å². The average Bonchev–Trinajstić information content (AvgIpc) is 2.93. The minimum Gasteiger partial charge on any atom is -0.481 e. The number of anilines is 1. The number of nitrogens with zero attached hydrogens (tertiary/aromatic N) is 2. The van der Waals surface area contributed by atoms with E-state index in [1.54, 1.807) is 13.0 Å². The number of carboxylic acids is 1. The zero-order valence-electron chi connectivity index (χ0n) is 12.3. The third kappa shape index (κ3) is 3.71. The summed E-state index contributed by atoms with van der Waals surface area (Å²) < 4.78 is 4.71. The first-order chi connectivity index (χ1) is 10.0. The molecule has 1 unspecified atom stereocenters. The highest BCUT2D eigenvalue weighted by molar-refractivity contribution is 5.90. The lowest BCUT2D eigenvalue weighted by atomic mass is 10.0. The molecule has 2 rings (SSSR count). The molecule has 6 nitrogen and oxygen atoms in total. The van der Waals surface area contributed by atoms with E-state index in [1.807, 2.05) is 6.07 Å². The van der Waals surface area contributed by atoms with Crippen LogP contribution in [0.2, 0.25) is 0 Å². The molecule has 1 N–H and O–H groups in total. The quantitative estimate of drug-likeness (QED) is 0.835. The third-order valence-corrected chi connectivity index (χ3v) is 3.85. The molecule has 0 radical (unpaired) electrons. The van der Waals surface area contributed by atoms with Crippen molar-refractivity contribution < 1.29 is 19.4 Å². The van der Waals surface area contributed by atoms with Gasteiger partial charge in [-0.05, 0) is 37.8 Å². The van der Waals surface area contributed by atoms with Crippen molar-refractivity contribution in [2.75, 3.05) is 25.1 Å². The Labute approximate surface area is 123 Å². The van der Waals surface area contributed by atoms with Gasteiger partial charge in [-0.2, -0.15) is 0 Å². The van der Waals surface area contributed by atoms with Crippen molar-refractivity contribution in [3.05, 3.63) is 23.4 Å². The Morgan fingerprint density at radius 3 is 2.86 bits per heavy atom. The lowest BCUT2D eigenvalue weighted by Gasteiger charge is -2.18. The van der Waals surface area contributed by atoms with Gasteiger partial charge in [0.05, 0.1) is 18.4 Å². The van der Waals surface area contributed by atoms with E-state index in [0.29, 0.717) is 23.6 Å². The van der Waals surface area contributed by atoms with Crippen molar-refractivity contribution in [2.45, 2.75) is 26.2 Å². The minimum absolute atomic E-state index is 0.215. The van der Waals surface area contributed by atoms with E-state index < -0.39 is 5.97 Å². The number of pyridine rings is 1. The zero-order valence-corrected chi connectivity index (χ0v) is 12.3. The Bertz CT molecular complexity index is 544. The molecule has 114 valence electrons. The van der Waals surface area contributed by atoms with Crippen molar-refractivity contribution in [3.63, 3.8) is 0 Å². The molecule has 0 amide bonds. The molecule has 2 heterocycles. The molecule has 1 fully saturated rings. The summed E-state index contributed by atoms with van der Waals surface area (Å²) in [6.45, 7) is 3.47. The third-order valence-electron chi connectivity index (χ3n) is 3.85. The Hall–Kier alpha value is -2.11. The maximum Gasteiger partial charge on any atom is 0.339 e. The Kier molecular flexibility index (Phi) is 4.77. The average molecular weight is 292 g/mol. The number of hydrogen-bond donors (Lipinski definition) is 1. The molecule has 1 saturated heterocycles. The molecule has 0 aromatic carbocycles. The van der Waals surface area contributed by atoms with E-state index >= 15 is 0 Å². The number of aryl methyl sites for hydroxylation is 1. The standard InChI is InChI=1S/C15H20N2O4/c1-10-12(15(20)21-2)4-5-13(16-10)17-8-7-11(9-17)3-6-14(18)19/h4-5,11H,3,6-9H2,1-2H3,(H,18,19). The number of carboxylic acid groups (broad SMARTS) is 1. The van der Waals surface area contributed by atoms with E-state index in [1.165, 1.54) is 7.11 Å². The largest absolute Gasteiger partial charge is 0.481 e. The number of aliphatic carboxylic acids is 1. The summed E-state index contributed by atoms with van der Waals surface area (Å²) in [5, 5.41) is 8.73. The first kappa shape index (κ1) is 15.3. The monoisotopic (exact) mass is 292 g/mol. The highest BCUT2D eigenvalue weighted by Crippen LogP contribution is 2.26. The van der Waals surface area contributed by atoms with E-state index in [2.05, 4.69) is 9.88 Å². The van der Waals surface area contributed by atoms with Gasteiger partial charge in [0.15, 0.2) is 0 Å². The van der Waals surface area contributed by atoms with Crippen LogP contribution in [0, 0.1) is 12.8 Å². The molecule has 1 atom stereocenters. The van der Waals surface area contributed by atoms with Crippen LogP contribution in [0.5, 0.6) is 0 Å². The first-order valence-electron chi connectivity index (χ1n) is 7.04. The lowest BCUT2D eigenvalue weighted by Crippen LogP contribution is -2.21. The van der Waals surface area contributed by atoms with Gasteiger partial charge in [0.1, 0.15) is 5.82 Å². The molecule has 0 saturated carbocycles. The van der Waals surface area contributed by atoms with Crippen LogP contribution in [0.15, 0.2) is 12.1 Å². The number of ether oxygens (including phenoxy) is 1. The van der Waals surface area contributed by atoms with Crippen LogP contribution in [-0.2, 0) is 9.53 Å². The van der Waals surface area contributed by atoms with Gasteiger partial charge >= 0.3 is 11.9 Å². The molecule has 1 aliphatic heterocycles. The van der Waals surface area contributed by atoms with Gasteiger partial charge in [-0.3, -0.25) is 4.79 Å². The second kappa shape index (κ2) is 6.56. The SMILES string of the molecule is COC(=O)c1ccc(N2CCC(CCC(=O)O)C2)nc1C. The van der Waals surface area contributed by atoms with Crippen LogP contribution < -0.4 is 4.90 Å². The van der Waals surface area contributed by atoms with Crippen molar-refractivity contribution in [1.29, 1.82) is 0 Å². The molecular formula is C15H20N2O4. The van der Waals surface area contributed by atoms with Crippen molar-refractivity contribution >= 4 is 17.8 Å². The Morgan fingerprint density at radius 2 is 2.24 bits per heavy atom. The molecule has 1 aromatic rings. The minimum atomic E-state index is -0.746. The number of aromatic nitrogens is 1. The summed E-state index contributed by atoms with van der Waals surface area (Å²) >= 11 is 0. The summed E-state index contributed by atoms with van der Waals surface area (Å²) in [6, 6.07) is 3.55. The number of hydrogen-bond acceptors (Lipinski definition) is 5. The highest BCUT2D eigenvalue weighted by Gasteiger charge is 2.24. The molecule has 21 heavy (non-hydrogen) atoms. The summed E-state index contributed by atoms with van der Waals surface area (Å²) in [6.07, 6.45) is 1.89. The fraction of sp³-hybridized carbons (Fsp3) is 0.533. The summed E-state index contributed by atoms with van der Waals surface area (Å²) in [5.74, 6) is 0.0959. The molecule has 1 aliphatic rings.